The van der Waals surface area contributed by atoms with Crippen molar-refractivity contribution in [1.82, 2.24) is 0 Å². The largest absolute Gasteiger partial charge is 0.379 e. The zero-order valence-corrected chi connectivity index (χ0v) is 7.17. The zero-order valence-electron chi connectivity index (χ0n) is 7.17. The Morgan fingerprint density at radius 1 is 1.55 bits per heavy atom. The van der Waals surface area contributed by atoms with E-state index >= 15 is 0 Å². The van der Waals surface area contributed by atoms with Crippen LogP contribution >= 0.6 is 0 Å². The fourth-order valence-electron chi connectivity index (χ4n) is 1.21. The SMILES string of the molecule is CC(C)(O)OC1CCCOC1. The van der Waals surface area contributed by atoms with Crippen LogP contribution in [0.15, 0.2) is 0 Å². The highest BCUT2D eigenvalue weighted by atomic mass is 16.6. The average Bonchev–Trinajstić information content (AvgIpc) is 1.85. The molecule has 0 radical (unpaired) electrons. The quantitative estimate of drug-likeness (QED) is 0.610. The summed E-state index contributed by atoms with van der Waals surface area (Å²) in [5, 5.41) is 9.29. The first-order valence-electron chi connectivity index (χ1n) is 4.06. The summed E-state index contributed by atoms with van der Waals surface area (Å²) in [4.78, 5) is 0. The molecule has 1 heterocycles. The van der Waals surface area contributed by atoms with Crippen molar-refractivity contribution >= 4 is 0 Å². The molecule has 66 valence electrons. The molecule has 1 N–H and O–H groups in total. The Hall–Kier alpha value is -0.120. The molecule has 1 rings (SSSR count). The molecule has 0 aliphatic carbocycles. The third-order valence-corrected chi connectivity index (χ3v) is 1.57. The summed E-state index contributed by atoms with van der Waals surface area (Å²) in [7, 11) is 0. The van der Waals surface area contributed by atoms with Crippen molar-refractivity contribution in [3.8, 4) is 0 Å². The smallest absolute Gasteiger partial charge is 0.160 e. The third-order valence-electron chi connectivity index (χ3n) is 1.57. The Morgan fingerprint density at radius 3 is 2.73 bits per heavy atom. The van der Waals surface area contributed by atoms with Gasteiger partial charge in [-0.1, -0.05) is 0 Å². The second kappa shape index (κ2) is 3.52. The van der Waals surface area contributed by atoms with Crippen LogP contribution in [0, 0.1) is 0 Å². The van der Waals surface area contributed by atoms with Crippen LogP contribution in [0.4, 0.5) is 0 Å². The minimum Gasteiger partial charge on any atom is -0.379 e. The van der Waals surface area contributed by atoms with Gasteiger partial charge in [0.1, 0.15) is 0 Å². The fourth-order valence-corrected chi connectivity index (χ4v) is 1.21. The van der Waals surface area contributed by atoms with Crippen LogP contribution in [0.5, 0.6) is 0 Å². The second-order valence-corrected chi connectivity index (χ2v) is 3.40. The van der Waals surface area contributed by atoms with Crippen molar-refractivity contribution in [2.45, 2.75) is 38.6 Å². The lowest BCUT2D eigenvalue weighted by Crippen LogP contribution is -2.35. The maximum absolute atomic E-state index is 9.29. The summed E-state index contributed by atoms with van der Waals surface area (Å²) in [5.41, 5.74) is 0. The van der Waals surface area contributed by atoms with Crippen LogP contribution in [0.1, 0.15) is 26.7 Å². The van der Waals surface area contributed by atoms with Gasteiger partial charge in [0.05, 0.1) is 12.7 Å². The summed E-state index contributed by atoms with van der Waals surface area (Å²) >= 11 is 0. The summed E-state index contributed by atoms with van der Waals surface area (Å²) in [6.07, 6.45) is 2.09. The maximum Gasteiger partial charge on any atom is 0.160 e. The first-order valence-corrected chi connectivity index (χ1v) is 4.06. The summed E-state index contributed by atoms with van der Waals surface area (Å²) in [5.74, 6) is -1.02. The number of hydrogen-bond acceptors (Lipinski definition) is 3. The van der Waals surface area contributed by atoms with E-state index in [1.165, 1.54) is 0 Å². The van der Waals surface area contributed by atoms with Gasteiger partial charge in [-0.25, -0.2) is 0 Å². The number of hydrogen-bond donors (Lipinski definition) is 1. The highest BCUT2D eigenvalue weighted by Crippen LogP contribution is 2.15. The Bertz CT molecular complexity index is 111. The van der Waals surface area contributed by atoms with Gasteiger partial charge in [-0.3, -0.25) is 0 Å². The van der Waals surface area contributed by atoms with Gasteiger partial charge in [-0.05, 0) is 26.7 Å². The molecule has 0 bridgehead atoms. The molecule has 0 spiro atoms. The molecule has 1 atom stereocenters. The van der Waals surface area contributed by atoms with E-state index in [2.05, 4.69) is 0 Å². The highest BCUT2D eigenvalue weighted by Gasteiger charge is 2.22. The minimum atomic E-state index is -1.02. The lowest BCUT2D eigenvalue weighted by atomic mass is 10.2. The summed E-state index contributed by atoms with van der Waals surface area (Å²) < 4.78 is 10.5. The molecule has 11 heavy (non-hydrogen) atoms. The van der Waals surface area contributed by atoms with Gasteiger partial charge in [-0.15, -0.1) is 0 Å². The molecule has 0 aromatic carbocycles. The van der Waals surface area contributed by atoms with Gasteiger partial charge in [0.2, 0.25) is 0 Å². The molecule has 1 fully saturated rings. The molecule has 0 aromatic heterocycles. The van der Waals surface area contributed by atoms with Crippen molar-refractivity contribution in [2.75, 3.05) is 13.2 Å². The van der Waals surface area contributed by atoms with E-state index in [9.17, 15) is 5.11 Å². The monoisotopic (exact) mass is 160 g/mol. The lowest BCUT2D eigenvalue weighted by Gasteiger charge is -2.28. The maximum atomic E-state index is 9.29. The second-order valence-electron chi connectivity index (χ2n) is 3.40. The van der Waals surface area contributed by atoms with Gasteiger partial charge < -0.3 is 14.6 Å². The molecule has 0 saturated carbocycles. The van der Waals surface area contributed by atoms with E-state index in [0.29, 0.717) is 6.61 Å². The fraction of sp³-hybridized carbons (Fsp3) is 1.00. The predicted octanol–water partition coefficient (Wildman–Crippen LogP) is 0.910. The minimum absolute atomic E-state index is 0.0729. The van der Waals surface area contributed by atoms with Crippen molar-refractivity contribution in [1.29, 1.82) is 0 Å². The topological polar surface area (TPSA) is 38.7 Å². The van der Waals surface area contributed by atoms with Crippen molar-refractivity contribution in [2.24, 2.45) is 0 Å². The van der Waals surface area contributed by atoms with Gasteiger partial charge in [-0.2, -0.15) is 0 Å². The first kappa shape index (κ1) is 8.97. The Morgan fingerprint density at radius 2 is 2.27 bits per heavy atom. The van der Waals surface area contributed by atoms with E-state index in [4.69, 9.17) is 9.47 Å². The van der Waals surface area contributed by atoms with Gasteiger partial charge in [0, 0.05) is 6.61 Å². The molecule has 1 saturated heterocycles. The van der Waals surface area contributed by atoms with E-state index in [0.717, 1.165) is 19.4 Å². The summed E-state index contributed by atoms with van der Waals surface area (Å²) in [6, 6.07) is 0. The van der Waals surface area contributed by atoms with Crippen LogP contribution in [-0.2, 0) is 9.47 Å². The van der Waals surface area contributed by atoms with Crippen LogP contribution in [0.25, 0.3) is 0 Å². The lowest BCUT2D eigenvalue weighted by molar-refractivity contribution is -0.223. The zero-order chi connectivity index (χ0) is 8.32. The number of aliphatic hydroxyl groups is 1. The van der Waals surface area contributed by atoms with Crippen LogP contribution in [0.2, 0.25) is 0 Å². The molecular formula is C8H16O3. The van der Waals surface area contributed by atoms with E-state index in [1.54, 1.807) is 13.8 Å². The summed E-state index contributed by atoms with van der Waals surface area (Å²) in [6.45, 7) is 4.72. The van der Waals surface area contributed by atoms with Crippen LogP contribution < -0.4 is 0 Å². The first-order chi connectivity index (χ1) is 5.08. The number of rotatable bonds is 2. The standard InChI is InChI=1S/C8H16O3/c1-8(2,9)11-7-4-3-5-10-6-7/h7,9H,3-6H2,1-2H3. The third kappa shape index (κ3) is 3.70. The molecule has 0 aromatic rings. The Labute approximate surface area is 67.3 Å². The Kier molecular flexibility index (Phi) is 2.87. The molecule has 3 nitrogen and oxygen atoms in total. The molecular weight excluding hydrogens is 144 g/mol. The molecule has 0 amide bonds. The molecule has 1 aliphatic heterocycles. The van der Waals surface area contributed by atoms with E-state index in [-0.39, 0.29) is 6.10 Å². The van der Waals surface area contributed by atoms with Gasteiger partial charge in [0.25, 0.3) is 0 Å². The van der Waals surface area contributed by atoms with Crippen LogP contribution in [-0.4, -0.2) is 30.2 Å². The van der Waals surface area contributed by atoms with Crippen molar-refractivity contribution < 1.29 is 14.6 Å². The van der Waals surface area contributed by atoms with Crippen LogP contribution in [0.3, 0.4) is 0 Å². The van der Waals surface area contributed by atoms with Crippen molar-refractivity contribution in [3.63, 3.8) is 0 Å². The van der Waals surface area contributed by atoms with E-state index in [1.807, 2.05) is 0 Å². The molecule has 1 unspecified atom stereocenters. The van der Waals surface area contributed by atoms with Gasteiger partial charge >= 0.3 is 0 Å². The normalized spacial score (nSPS) is 27.0. The van der Waals surface area contributed by atoms with E-state index < -0.39 is 5.79 Å². The van der Waals surface area contributed by atoms with Crippen molar-refractivity contribution in [3.05, 3.63) is 0 Å². The van der Waals surface area contributed by atoms with Gasteiger partial charge in [0.15, 0.2) is 5.79 Å². The molecule has 1 aliphatic rings. The predicted molar refractivity (Wildman–Crippen MR) is 41.2 cm³/mol. The number of ether oxygens (including phenoxy) is 2. The Balaban J connectivity index is 2.24. The molecule has 3 heteroatoms. The average molecular weight is 160 g/mol. The highest BCUT2D eigenvalue weighted by molar-refractivity contribution is 4.64.